The summed E-state index contributed by atoms with van der Waals surface area (Å²) in [5, 5.41) is 0.866. The van der Waals surface area contributed by atoms with Gasteiger partial charge in [-0.2, -0.15) is 0 Å². The van der Waals surface area contributed by atoms with E-state index in [1.165, 1.54) is 0 Å². The number of rotatable bonds is 4. The van der Waals surface area contributed by atoms with Crippen molar-refractivity contribution in [3.8, 4) is 0 Å². The SMILES string of the molecule is Cc1ccc(C)c(C(=O)COC(=O)c2oc3ccccc3c2C)c1. The Hall–Kier alpha value is -2.88. The Labute approximate surface area is 140 Å². The maximum absolute atomic E-state index is 12.3. The Kier molecular flexibility index (Phi) is 4.21. The zero-order valence-corrected chi connectivity index (χ0v) is 13.9. The normalized spacial score (nSPS) is 10.8. The first-order chi connectivity index (χ1) is 11.5. The van der Waals surface area contributed by atoms with Gasteiger partial charge in [-0.1, -0.05) is 35.9 Å². The molecule has 4 heteroatoms. The van der Waals surface area contributed by atoms with Gasteiger partial charge in [-0.15, -0.1) is 0 Å². The molecule has 1 heterocycles. The quantitative estimate of drug-likeness (QED) is 0.528. The van der Waals surface area contributed by atoms with Crippen LogP contribution in [0.2, 0.25) is 0 Å². The number of aryl methyl sites for hydroxylation is 3. The van der Waals surface area contributed by atoms with Crippen LogP contribution >= 0.6 is 0 Å². The lowest BCUT2D eigenvalue weighted by Crippen LogP contribution is -2.15. The Morgan fingerprint density at radius 2 is 1.79 bits per heavy atom. The molecule has 0 aliphatic rings. The van der Waals surface area contributed by atoms with Gasteiger partial charge in [0, 0.05) is 16.5 Å². The Balaban J connectivity index is 1.76. The molecule has 0 N–H and O–H groups in total. The molecule has 0 aliphatic carbocycles. The molecule has 0 fully saturated rings. The van der Waals surface area contributed by atoms with Crippen molar-refractivity contribution in [3.05, 3.63) is 70.5 Å². The number of hydrogen-bond donors (Lipinski definition) is 0. The summed E-state index contributed by atoms with van der Waals surface area (Å²) in [5.74, 6) is -0.703. The van der Waals surface area contributed by atoms with Crippen LogP contribution in [0.1, 0.15) is 37.6 Å². The second kappa shape index (κ2) is 6.32. The number of ketones is 1. The van der Waals surface area contributed by atoms with Crippen molar-refractivity contribution in [3.63, 3.8) is 0 Å². The third-order valence-electron chi connectivity index (χ3n) is 4.06. The monoisotopic (exact) mass is 322 g/mol. The van der Waals surface area contributed by atoms with E-state index in [0.717, 1.165) is 22.1 Å². The molecule has 24 heavy (non-hydrogen) atoms. The summed E-state index contributed by atoms with van der Waals surface area (Å²) in [6.07, 6.45) is 0. The summed E-state index contributed by atoms with van der Waals surface area (Å²) >= 11 is 0. The smallest absolute Gasteiger partial charge is 0.375 e. The third-order valence-corrected chi connectivity index (χ3v) is 4.06. The lowest BCUT2D eigenvalue weighted by Gasteiger charge is -2.07. The van der Waals surface area contributed by atoms with Gasteiger partial charge in [-0.25, -0.2) is 4.79 Å². The van der Waals surface area contributed by atoms with Crippen LogP contribution in [0.3, 0.4) is 0 Å². The number of ether oxygens (including phenoxy) is 1. The minimum Gasteiger partial charge on any atom is -0.451 e. The van der Waals surface area contributed by atoms with Crippen molar-refractivity contribution in [2.45, 2.75) is 20.8 Å². The van der Waals surface area contributed by atoms with E-state index in [0.29, 0.717) is 11.1 Å². The second-order valence-electron chi connectivity index (χ2n) is 5.87. The number of furan rings is 1. The van der Waals surface area contributed by atoms with Crippen molar-refractivity contribution in [2.75, 3.05) is 6.61 Å². The van der Waals surface area contributed by atoms with E-state index in [-0.39, 0.29) is 18.2 Å². The molecule has 0 bridgehead atoms. The summed E-state index contributed by atoms with van der Waals surface area (Å²) < 4.78 is 10.7. The lowest BCUT2D eigenvalue weighted by molar-refractivity contribution is 0.0445. The first-order valence-electron chi connectivity index (χ1n) is 7.73. The zero-order chi connectivity index (χ0) is 17.3. The van der Waals surface area contributed by atoms with Crippen molar-refractivity contribution in [2.24, 2.45) is 0 Å². The van der Waals surface area contributed by atoms with Gasteiger partial charge in [0.25, 0.3) is 0 Å². The highest BCUT2D eigenvalue weighted by atomic mass is 16.5. The van der Waals surface area contributed by atoms with Gasteiger partial charge in [0.05, 0.1) is 0 Å². The second-order valence-corrected chi connectivity index (χ2v) is 5.87. The van der Waals surface area contributed by atoms with Crippen LogP contribution in [-0.2, 0) is 4.74 Å². The molecular weight excluding hydrogens is 304 g/mol. The van der Waals surface area contributed by atoms with Crippen LogP contribution in [0.15, 0.2) is 46.9 Å². The van der Waals surface area contributed by atoms with E-state index in [4.69, 9.17) is 9.15 Å². The summed E-state index contributed by atoms with van der Waals surface area (Å²) in [6.45, 7) is 5.27. The third kappa shape index (κ3) is 2.95. The van der Waals surface area contributed by atoms with Crippen LogP contribution in [0, 0.1) is 20.8 Å². The molecular formula is C20H18O4. The molecule has 0 saturated carbocycles. The molecule has 3 aromatic rings. The van der Waals surface area contributed by atoms with Gasteiger partial charge in [0.2, 0.25) is 11.5 Å². The molecule has 0 amide bonds. The number of carbonyl (C=O) groups is 2. The minimum absolute atomic E-state index is 0.143. The number of para-hydroxylation sites is 1. The van der Waals surface area contributed by atoms with Gasteiger partial charge in [0.1, 0.15) is 5.58 Å². The largest absolute Gasteiger partial charge is 0.451 e. The highest BCUT2D eigenvalue weighted by molar-refractivity contribution is 6.01. The van der Waals surface area contributed by atoms with E-state index < -0.39 is 5.97 Å². The van der Waals surface area contributed by atoms with E-state index in [2.05, 4.69) is 0 Å². The van der Waals surface area contributed by atoms with Gasteiger partial charge in [-0.3, -0.25) is 4.79 Å². The van der Waals surface area contributed by atoms with Crippen molar-refractivity contribution >= 4 is 22.7 Å². The number of carbonyl (C=O) groups excluding carboxylic acids is 2. The maximum Gasteiger partial charge on any atom is 0.375 e. The summed E-state index contributed by atoms with van der Waals surface area (Å²) in [7, 11) is 0. The molecule has 122 valence electrons. The molecule has 4 nitrogen and oxygen atoms in total. The number of Topliss-reactive ketones (excluding diaryl/α,β-unsaturated/α-hetero) is 1. The molecule has 0 saturated heterocycles. The Morgan fingerprint density at radius 3 is 2.54 bits per heavy atom. The minimum atomic E-state index is -0.623. The molecule has 0 spiro atoms. The van der Waals surface area contributed by atoms with Crippen LogP contribution < -0.4 is 0 Å². The Bertz CT molecular complexity index is 934. The molecule has 0 unspecified atom stereocenters. The summed E-state index contributed by atoms with van der Waals surface area (Å²) in [6, 6.07) is 13.0. The first kappa shape index (κ1) is 16.0. The highest BCUT2D eigenvalue weighted by Crippen LogP contribution is 2.25. The Morgan fingerprint density at radius 1 is 1.04 bits per heavy atom. The fourth-order valence-electron chi connectivity index (χ4n) is 2.68. The molecule has 2 aromatic carbocycles. The predicted molar refractivity (Wildman–Crippen MR) is 91.5 cm³/mol. The molecule has 0 radical (unpaired) electrons. The first-order valence-corrected chi connectivity index (χ1v) is 7.73. The van der Waals surface area contributed by atoms with Gasteiger partial charge >= 0.3 is 5.97 Å². The maximum atomic E-state index is 12.3. The number of esters is 1. The van der Waals surface area contributed by atoms with E-state index in [9.17, 15) is 9.59 Å². The van der Waals surface area contributed by atoms with E-state index >= 15 is 0 Å². The zero-order valence-electron chi connectivity index (χ0n) is 13.9. The van der Waals surface area contributed by atoms with Gasteiger partial charge in [0.15, 0.2) is 6.61 Å². The van der Waals surface area contributed by atoms with Crippen LogP contribution in [0.4, 0.5) is 0 Å². The summed E-state index contributed by atoms with van der Waals surface area (Å²) in [5.41, 5.74) is 3.77. The molecule has 0 atom stereocenters. The van der Waals surface area contributed by atoms with Crippen LogP contribution in [-0.4, -0.2) is 18.4 Å². The topological polar surface area (TPSA) is 56.5 Å². The number of fused-ring (bicyclic) bond motifs is 1. The lowest BCUT2D eigenvalue weighted by atomic mass is 10.0. The molecule has 1 aromatic heterocycles. The molecule has 3 rings (SSSR count). The average molecular weight is 322 g/mol. The molecule has 0 aliphatic heterocycles. The highest BCUT2D eigenvalue weighted by Gasteiger charge is 2.20. The van der Waals surface area contributed by atoms with E-state index in [1.54, 1.807) is 19.1 Å². The number of hydrogen-bond acceptors (Lipinski definition) is 4. The summed E-state index contributed by atoms with van der Waals surface area (Å²) in [4.78, 5) is 24.6. The van der Waals surface area contributed by atoms with Crippen molar-refractivity contribution in [1.29, 1.82) is 0 Å². The average Bonchev–Trinajstić information content (AvgIpc) is 2.92. The number of benzene rings is 2. The van der Waals surface area contributed by atoms with Gasteiger partial charge < -0.3 is 9.15 Å². The fraction of sp³-hybridized carbons (Fsp3) is 0.200. The van der Waals surface area contributed by atoms with Crippen molar-refractivity contribution < 1.29 is 18.7 Å². The fourth-order valence-corrected chi connectivity index (χ4v) is 2.68. The van der Waals surface area contributed by atoms with Crippen LogP contribution in [0.5, 0.6) is 0 Å². The van der Waals surface area contributed by atoms with Gasteiger partial charge in [-0.05, 0) is 38.5 Å². The van der Waals surface area contributed by atoms with E-state index in [1.807, 2.05) is 44.2 Å². The van der Waals surface area contributed by atoms with Crippen LogP contribution in [0.25, 0.3) is 11.0 Å². The van der Waals surface area contributed by atoms with Crippen molar-refractivity contribution in [1.82, 2.24) is 0 Å². The standard InChI is InChI=1S/C20H18O4/c1-12-8-9-13(2)16(10-12)17(21)11-23-20(22)19-14(3)15-6-4-5-7-18(15)24-19/h4-10H,11H2,1-3H3. The predicted octanol–water partition coefficient (Wildman–Crippen LogP) is 4.40.